The van der Waals surface area contributed by atoms with Crippen molar-refractivity contribution >= 4 is 68.4 Å². The van der Waals surface area contributed by atoms with Crippen LogP contribution in [0.4, 0.5) is 5.13 Å². The number of rotatable bonds is 7. The molecule has 0 atom stereocenters. The Labute approximate surface area is 191 Å². The summed E-state index contributed by atoms with van der Waals surface area (Å²) in [5, 5.41) is 1.40. The first-order chi connectivity index (χ1) is 13.4. The summed E-state index contributed by atoms with van der Waals surface area (Å²) in [4.78, 5) is 23.1. The van der Waals surface area contributed by atoms with Gasteiger partial charge in [-0.3, -0.25) is 9.69 Å². The lowest BCUT2D eigenvalue weighted by Gasteiger charge is -2.22. The monoisotopic (exact) mass is 469 g/mol. The Kier molecular flexibility index (Phi) is 8.79. The summed E-state index contributed by atoms with van der Waals surface area (Å²) < 4.78 is 0.998. The molecule has 0 unspecified atom stereocenters. The molecule has 1 aromatic heterocycles. The zero-order chi connectivity index (χ0) is 20.3. The number of likely N-dealkylation sites (N-methyl/N-ethyl adjacent to an activating group) is 1. The van der Waals surface area contributed by atoms with E-state index in [1.807, 2.05) is 57.4 Å². The number of thioether (sulfide) groups is 1. The van der Waals surface area contributed by atoms with Crippen LogP contribution in [0.5, 0.6) is 0 Å². The number of anilines is 1. The summed E-state index contributed by atoms with van der Waals surface area (Å²) >= 11 is 9.45. The molecule has 0 aliphatic heterocycles. The number of aromatic nitrogens is 1. The van der Waals surface area contributed by atoms with Crippen molar-refractivity contribution in [3.05, 3.63) is 52.5 Å². The van der Waals surface area contributed by atoms with E-state index in [2.05, 4.69) is 11.8 Å². The fourth-order valence-corrected chi connectivity index (χ4v) is 5.05. The minimum Gasteiger partial charge on any atom is -0.308 e. The van der Waals surface area contributed by atoms with Gasteiger partial charge in [0.2, 0.25) is 0 Å². The molecule has 29 heavy (non-hydrogen) atoms. The summed E-state index contributed by atoms with van der Waals surface area (Å²) in [6, 6.07) is 11.6. The molecule has 0 N–H and O–H groups in total. The molecular formula is C21H25Cl2N3OS2. The van der Waals surface area contributed by atoms with E-state index in [0.29, 0.717) is 22.3 Å². The summed E-state index contributed by atoms with van der Waals surface area (Å²) in [5.74, 6) is 0.947. The number of nitrogens with zero attached hydrogens (tertiary/aromatic N) is 3. The maximum atomic E-state index is 13.4. The summed E-state index contributed by atoms with van der Waals surface area (Å²) in [6.07, 6.45) is 0. The number of carbonyl (C=O) groups excluding carboxylic acids is 1. The third kappa shape index (κ3) is 5.86. The van der Waals surface area contributed by atoms with E-state index in [9.17, 15) is 4.79 Å². The second kappa shape index (κ2) is 10.6. The SMILES string of the molecule is CCSc1cccc(C(=O)N(CCN(C)C)c2nc3c(C)cc(Cl)cc3s2)c1.Cl. The number of halogens is 2. The van der Waals surface area contributed by atoms with Crippen molar-refractivity contribution in [3.63, 3.8) is 0 Å². The predicted octanol–water partition coefficient (Wildman–Crippen LogP) is 6.00. The van der Waals surface area contributed by atoms with E-state index in [1.54, 1.807) is 16.7 Å². The molecule has 2 aromatic carbocycles. The molecule has 3 aromatic rings. The van der Waals surface area contributed by atoms with Crippen LogP contribution in [-0.2, 0) is 0 Å². The van der Waals surface area contributed by atoms with Crippen LogP contribution in [0.3, 0.4) is 0 Å². The standard InChI is InChI=1S/C21H24ClN3OS2.ClH/c1-5-27-17-8-6-7-15(12-17)20(26)25(10-9-24(3)4)21-23-19-14(2)11-16(22)13-18(19)28-21;/h6-8,11-13H,5,9-10H2,1-4H3;1H. The summed E-state index contributed by atoms with van der Waals surface area (Å²) in [7, 11) is 4.01. The van der Waals surface area contributed by atoms with Crippen molar-refractivity contribution < 1.29 is 4.79 Å². The van der Waals surface area contributed by atoms with E-state index in [0.717, 1.165) is 33.0 Å². The van der Waals surface area contributed by atoms with Crippen molar-refractivity contribution in [2.75, 3.05) is 37.8 Å². The van der Waals surface area contributed by atoms with Gasteiger partial charge >= 0.3 is 0 Å². The maximum absolute atomic E-state index is 13.4. The van der Waals surface area contributed by atoms with Crippen LogP contribution in [0.15, 0.2) is 41.3 Å². The van der Waals surface area contributed by atoms with Crippen LogP contribution in [0.2, 0.25) is 5.02 Å². The van der Waals surface area contributed by atoms with Gasteiger partial charge in [0.05, 0.1) is 10.2 Å². The first kappa shape index (κ1) is 24.0. The molecule has 8 heteroatoms. The van der Waals surface area contributed by atoms with Crippen LogP contribution in [0.1, 0.15) is 22.8 Å². The minimum absolute atomic E-state index is 0. The molecule has 0 saturated carbocycles. The lowest BCUT2D eigenvalue weighted by atomic mass is 10.2. The van der Waals surface area contributed by atoms with Gasteiger partial charge in [0, 0.05) is 28.6 Å². The van der Waals surface area contributed by atoms with Gasteiger partial charge in [0.25, 0.3) is 5.91 Å². The van der Waals surface area contributed by atoms with Crippen LogP contribution >= 0.6 is 47.1 Å². The lowest BCUT2D eigenvalue weighted by molar-refractivity contribution is 0.0985. The molecule has 0 fully saturated rings. The van der Waals surface area contributed by atoms with Gasteiger partial charge in [-0.15, -0.1) is 24.2 Å². The number of aryl methyl sites for hydroxylation is 1. The summed E-state index contributed by atoms with van der Waals surface area (Å²) in [5.41, 5.74) is 2.61. The number of carbonyl (C=O) groups is 1. The minimum atomic E-state index is -0.0248. The van der Waals surface area contributed by atoms with Crippen molar-refractivity contribution in [2.45, 2.75) is 18.7 Å². The fraction of sp³-hybridized carbons (Fsp3) is 0.333. The fourth-order valence-electron chi connectivity index (χ4n) is 2.88. The molecule has 0 aliphatic carbocycles. The van der Waals surface area contributed by atoms with Gasteiger partial charge in [0.15, 0.2) is 5.13 Å². The zero-order valence-corrected chi connectivity index (χ0v) is 20.1. The van der Waals surface area contributed by atoms with Gasteiger partial charge in [-0.1, -0.05) is 35.9 Å². The molecule has 1 amide bonds. The Balaban J connectivity index is 0.00000300. The van der Waals surface area contributed by atoms with Gasteiger partial charge in [-0.2, -0.15) is 0 Å². The van der Waals surface area contributed by atoms with Gasteiger partial charge in [-0.25, -0.2) is 4.98 Å². The summed E-state index contributed by atoms with van der Waals surface area (Å²) in [6.45, 7) is 5.43. The molecule has 3 rings (SSSR count). The Morgan fingerprint density at radius 1 is 1.21 bits per heavy atom. The highest BCUT2D eigenvalue weighted by Crippen LogP contribution is 2.33. The molecule has 0 radical (unpaired) electrons. The molecule has 0 bridgehead atoms. The smallest absolute Gasteiger partial charge is 0.260 e. The zero-order valence-electron chi connectivity index (χ0n) is 16.9. The third-order valence-corrected chi connectivity index (χ3v) is 6.40. The van der Waals surface area contributed by atoms with Crippen LogP contribution in [-0.4, -0.2) is 48.7 Å². The predicted molar refractivity (Wildman–Crippen MR) is 130 cm³/mol. The average molecular weight is 470 g/mol. The van der Waals surface area contributed by atoms with Crippen molar-refractivity contribution in [2.24, 2.45) is 0 Å². The molecule has 0 spiro atoms. The van der Waals surface area contributed by atoms with Crippen LogP contribution < -0.4 is 4.90 Å². The topological polar surface area (TPSA) is 36.4 Å². The normalized spacial score (nSPS) is 11.0. The van der Waals surface area contributed by atoms with Gasteiger partial charge in [-0.05, 0) is 62.7 Å². The van der Waals surface area contributed by atoms with Gasteiger partial charge < -0.3 is 4.90 Å². The molecule has 0 saturated heterocycles. The van der Waals surface area contributed by atoms with Gasteiger partial charge in [0.1, 0.15) is 0 Å². The highest BCUT2D eigenvalue weighted by molar-refractivity contribution is 7.99. The maximum Gasteiger partial charge on any atom is 0.260 e. The van der Waals surface area contributed by atoms with Crippen LogP contribution in [0, 0.1) is 6.92 Å². The van der Waals surface area contributed by atoms with Crippen LogP contribution in [0.25, 0.3) is 10.2 Å². The Morgan fingerprint density at radius 3 is 2.66 bits per heavy atom. The first-order valence-corrected chi connectivity index (χ1v) is 11.3. The molecule has 0 aliphatic rings. The van der Waals surface area contributed by atoms with E-state index in [-0.39, 0.29) is 18.3 Å². The molecule has 1 heterocycles. The number of benzene rings is 2. The van der Waals surface area contributed by atoms with Crippen molar-refractivity contribution in [3.8, 4) is 0 Å². The quantitative estimate of drug-likeness (QED) is 0.397. The third-order valence-electron chi connectivity index (χ3n) is 4.28. The Morgan fingerprint density at radius 2 is 1.97 bits per heavy atom. The van der Waals surface area contributed by atoms with E-state index in [4.69, 9.17) is 16.6 Å². The largest absolute Gasteiger partial charge is 0.308 e. The number of amides is 1. The molecule has 156 valence electrons. The second-order valence-electron chi connectivity index (χ2n) is 6.79. The first-order valence-electron chi connectivity index (χ1n) is 9.15. The average Bonchev–Trinajstić information content (AvgIpc) is 3.06. The Bertz CT molecular complexity index is 991. The van der Waals surface area contributed by atoms with E-state index in [1.165, 1.54) is 11.3 Å². The molecular weight excluding hydrogens is 445 g/mol. The highest BCUT2D eigenvalue weighted by Gasteiger charge is 2.22. The van der Waals surface area contributed by atoms with E-state index < -0.39 is 0 Å². The van der Waals surface area contributed by atoms with E-state index >= 15 is 0 Å². The number of thiazole rings is 1. The number of hydrogen-bond donors (Lipinski definition) is 0. The number of hydrogen-bond acceptors (Lipinski definition) is 5. The Hall–Kier alpha value is -1.31. The molecule has 4 nitrogen and oxygen atoms in total. The van der Waals surface area contributed by atoms with Crippen molar-refractivity contribution in [1.82, 2.24) is 9.88 Å². The highest BCUT2D eigenvalue weighted by atomic mass is 35.5. The number of fused-ring (bicyclic) bond motifs is 1. The second-order valence-corrected chi connectivity index (χ2v) is 9.57. The lowest BCUT2D eigenvalue weighted by Crippen LogP contribution is -2.36. The van der Waals surface area contributed by atoms with Crippen molar-refractivity contribution in [1.29, 1.82) is 0 Å².